The highest BCUT2D eigenvalue weighted by atomic mass is 16.5. The summed E-state index contributed by atoms with van der Waals surface area (Å²) in [6, 6.07) is 14.1. The van der Waals surface area contributed by atoms with Gasteiger partial charge in [0.05, 0.1) is 17.6 Å². The summed E-state index contributed by atoms with van der Waals surface area (Å²) < 4.78 is 7.98. The second kappa shape index (κ2) is 7.70. The van der Waals surface area contributed by atoms with E-state index in [2.05, 4.69) is 30.5 Å². The average Bonchev–Trinajstić information content (AvgIpc) is 2.94. The van der Waals surface area contributed by atoms with Crippen LogP contribution < -0.4 is 4.74 Å². The molecule has 0 radical (unpaired) electrons. The Morgan fingerprint density at radius 3 is 2.72 bits per heavy atom. The minimum absolute atomic E-state index is 0.266. The fourth-order valence-corrected chi connectivity index (χ4v) is 3.07. The van der Waals surface area contributed by atoms with Crippen LogP contribution in [0.5, 0.6) is 5.75 Å². The molecule has 0 saturated carbocycles. The minimum atomic E-state index is -0.590. The van der Waals surface area contributed by atoms with Crippen molar-refractivity contribution in [3.63, 3.8) is 0 Å². The van der Waals surface area contributed by atoms with Crippen LogP contribution in [-0.2, 0) is 13.0 Å². The van der Waals surface area contributed by atoms with Crippen molar-refractivity contribution in [1.82, 2.24) is 9.55 Å². The van der Waals surface area contributed by atoms with Crippen molar-refractivity contribution >= 4 is 11.0 Å². The number of aliphatic hydroxyl groups excluding tert-OH is 1. The highest BCUT2D eigenvalue weighted by molar-refractivity contribution is 5.75. The SMILES string of the molecule is CCCc1nc2ccccc2n1CC(O)COc1cccc(C)c1C. The van der Waals surface area contributed by atoms with Gasteiger partial charge in [-0.3, -0.25) is 0 Å². The van der Waals surface area contributed by atoms with E-state index in [1.54, 1.807) is 0 Å². The summed E-state index contributed by atoms with van der Waals surface area (Å²) in [6.45, 7) is 7.00. The van der Waals surface area contributed by atoms with Crippen molar-refractivity contribution in [2.45, 2.75) is 46.3 Å². The standard InChI is InChI=1S/C21H26N2O2/c1-4-8-21-22-18-10-5-6-11-19(18)23(21)13-17(24)14-25-20-12-7-9-15(2)16(20)3/h5-7,9-12,17,24H,4,8,13-14H2,1-3H3. The molecule has 0 spiro atoms. The molecule has 0 aliphatic rings. The van der Waals surface area contributed by atoms with Gasteiger partial charge in [-0.2, -0.15) is 0 Å². The zero-order chi connectivity index (χ0) is 17.8. The molecule has 0 aliphatic heterocycles. The molecule has 132 valence electrons. The van der Waals surface area contributed by atoms with E-state index >= 15 is 0 Å². The summed E-state index contributed by atoms with van der Waals surface area (Å²) in [5.74, 6) is 1.86. The Morgan fingerprint density at radius 2 is 1.92 bits per heavy atom. The van der Waals surface area contributed by atoms with E-state index < -0.39 is 6.10 Å². The van der Waals surface area contributed by atoms with Crippen LogP contribution in [0.3, 0.4) is 0 Å². The summed E-state index contributed by atoms with van der Waals surface area (Å²) in [5.41, 5.74) is 4.36. The van der Waals surface area contributed by atoms with E-state index in [9.17, 15) is 5.11 Å². The maximum absolute atomic E-state index is 10.5. The molecule has 2 aromatic carbocycles. The van der Waals surface area contributed by atoms with Gasteiger partial charge in [-0.25, -0.2) is 4.98 Å². The number of benzene rings is 2. The van der Waals surface area contributed by atoms with Crippen molar-refractivity contribution in [3.8, 4) is 5.75 Å². The second-order valence-corrected chi connectivity index (χ2v) is 6.54. The van der Waals surface area contributed by atoms with E-state index in [1.807, 2.05) is 37.3 Å². The van der Waals surface area contributed by atoms with Crippen LogP contribution in [0.25, 0.3) is 11.0 Å². The lowest BCUT2D eigenvalue weighted by molar-refractivity contribution is 0.0923. The summed E-state index contributed by atoms with van der Waals surface area (Å²) in [6.07, 6.45) is 1.34. The quantitative estimate of drug-likeness (QED) is 0.707. The molecular weight excluding hydrogens is 312 g/mol. The highest BCUT2D eigenvalue weighted by Crippen LogP contribution is 2.21. The number of fused-ring (bicyclic) bond motifs is 1. The predicted octanol–water partition coefficient (Wildman–Crippen LogP) is 4.05. The first kappa shape index (κ1) is 17.5. The fourth-order valence-electron chi connectivity index (χ4n) is 3.07. The summed E-state index contributed by atoms with van der Waals surface area (Å²) in [5, 5.41) is 10.5. The number of nitrogens with zero attached hydrogens (tertiary/aromatic N) is 2. The maximum Gasteiger partial charge on any atom is 0.122 e. The van der Waals surface area contributed by atoms with Crippen LogP contribution in [0.1, 0.15) is 30.3 Å². The van der Waals surface area contributed by atoms with Crippen molar-refractivity contribution in [2.75, 3.05) is 6.61 Å². The van der Waals surface area contributed by atoms with Gasteiger partial charge in [0.2, 0.25) is 0 Å². The third-order valence-corrected chi connectivity index (χ3v) is 4.59. The van der Waals surface area contributed by atoms with Gasteiger partial charge in [0.15, 0.2) is 0 Å². The Morgan fingerprint density at radius 1 is 1.12 bits per heavy atom. The first-order valence-corrected chi connectivity index (χ1v) is 8.91. The number of aryl methyl sites for hydroxylation is 2. The molecule has 0 fully saturated rings. The topological polar surface area (TPSA) is 47.3 Å². The van der Waals surface area contributed by atoms with Crippen molar-refractivity contribution in [3.05, 3.63) is 59.4 Å². The van der Waals surface area contributed by atoms with Gasteiger partial charge in [-0.1, -0.05) is 31.2 Å². The number of para-hydroxylation sites is 2. The number of ether oxygens (including phenoxy) is 1. The molecule has 0 saturated heterocycles. The van der Waals surface area contributed by atoms with Gasteiger partial charge in [0.1, 0.15) is 24.3 Å². The van der Waals surface area contributed by atoms with Crippen LogP contribution in [-0.4, -0.2) is 27.4 Å². The summed E-state index contributed by atoms with van der Waals surface area (Å²) in [4.78, 5) is 4.71. The molecule has 3 rings (SSSR count). The molecule has 0 aliphatic carbocycles. The van der Waals surface area contributed by atoms with E-state index in [4.69, 9.17) is 9.72 Å². The number of aromatic nitrogens is 2. The molecule has 0 bridgehead atoms. The lowest BCUT2D eigenvalue weighted by Gasteiger charge is -2.17. The van der Waals surface area contributed by atoms with Gasteiger partial charge in [0, 0.05) is 6.42 Å². The molecule has 1 N–H and O–H groups in total. The molecule has 25 heavy (non-hydrogen) atoms. The Labute approximate surface area is 149 Å². The predicted molar refractivity (Wildman–Crippen MR) is 101 cm³/mol. The molecule has 3 aromatic rings. The molecule has 1 unspecified atom stereocenters. The lowest BCUT2D eigenvalue weighted by Crippen LogP contribution is -2.24. The van der Waals surface area contributed by atoms with E-state index in [-0.39, 0.29) is 6.61 Å². The van der Waals surface area contributed by atoms with Gasteiger partial charge >= 0.3 is 0 Å². The molecule has 1 heterocycles. The van der Waals surface area contributed by atoms with Crippen LogP contribution in [0, 0.1) is 13.8 Å². The molecule has 1 aromatic heterocycles. The van der Waals surface area contributed by atoms with Gasteiger partial charge in [0.25, 0.3) is 0 Å². The first-order chi connectivity index (χ1) is 12.1. The van der Waals surface area contributed by atoms with Crippen molar-refractivity contribution < 1.29 is 9.84 Å². The Hall–Kier alpha value is -2.33. The minimum Gasteiger partial charge on any atom is -0.491 e. The number of imidazole rings is 1. The molecule has 4 nitrogen and oxygen atoms in total. The van der Waals surface area contributed by atoms with Gasteiger partial charge in [-0.05, 0) is 49.6 Å². The maximum atomic E-state index is 10.5. The largest absolute Gasteiger partial charge is 0.491 e. The zero-order valence-electron chi connectivity index (χ0n) is 15.2. The van der Waals surface area contributed by atoms with E-state index in [1.165, 1.54) is 5.56 Å². The fraction of sp³-hybridized carbons (Fsp3) is 0.381. The highest BCUT2D eigenvalue weighted by Gasteiger charge is 2.14. The van der Waals surface area contributed by atoms with E-state index in [0.717, 1.165) is 41.0 Å². The van der Waals surface area contributed by atoms with Crippen LogP contribution in [0.15, 0.2) is 42.5 Å². The van der Waals surface area contributed by atoms with Gasteiger partial charge < -0.3 is 14.4 Å². The molecular formula is C21H26N2O2. The second-order valence-electron chi connectivity index (χ2n) is 6.54. The van der Waals surface area contributed by atoms with Crippen molar-refractivity contribution in [2.24, 2.45) is 0 Å². The molecule has 1 atom stereocenters. The van der Waals surface area contributed by atoms with E-state index in [0.29, 0.717) is 6.54 Å². The van der Waals surface area contributed by atoms with Crippen molar-refractivity contribution in [1.29, 1.82) is 0 Å². The monoisotopic (exact) mass is 338 g/mol. The average molecular weight is 338 g/mol. The summed E-state index contributed by atoms with van der Waals surface area (Å²) in [7, 11) is 0. The Balaban J connectivity index is 1.74. The van der Waals surface area contributed by atoms with Crippen LogP contribution in [0.4, 0.5) is 0 Å². The zero-order valence-corrected chi connectivity index (χ0v) is 15.2. The first-order valence-electron chi connectivity index (χ1n) is 8.91. The lowest BCUT2D eigenvalue weighted by atomic mass is 10.1. The number of aliphatic hydroxyl groups is 1. The third-order valence-electron chi connectivity index (χ3n) is 4.59. The normalized spacial score (nSPS) is 12.5. The smallest absolute Gasteiger partial charge is 0.122 e. The summed E-state index contributed by atoms with van der Waals surface area (Å²) >= 11 is 0. The van der Waals surface area contributed by atoms with Gasteiger partial charge in [-0.15, -0.1) is 0 Å². The Kier molecular flexibility index (Phi) is 5.39. The van der Waals surface area contributed by atoms with Crippen LogP contribution in [0.2, 0.25) is 0 Å². The number of rotatable bonds is 7. The van der Waals surface area contributed by atoms with Crippen LogP contribution >= 0.6 is 0 Å². The molecule has 0 amide bonds. The Bertz CT molecular complexity index is 854. The number of hydrogen-bond acceptors (Lipinski definition) is 3. The third kappa shape index (κ3) is 3.85. The number of hydrogen-bond donors (Lipinski definition) is 1. The molecule has 4 heteroatoms.